The minimum absolute atomic E-state index is 0.0335. The first-order valence-corrected chi connectivity index (χ1v) is 12.0. The van der Waals surface area contributed by atoms with Crippen molar-refractivity contribution in [2.24, 2.45) is 0 Å². The Labute approximate surface area is 211 Å². The van der Waals surface area contributed by atoms with E-state index >= 15 is 0 Å². The first kappa shape index (κ1) is 24.5. The zero-order valence-electron chi connectivity index (χ0n) is 19.3. The SMILES string of the molecule is CCC(C)(NC(=O)OCC1c2ccccc2-c2ccccc21)C(=O)Nc1cc(C(=O)O)ccc1Br. The van der Waals surface area contributed by atoms with Crippen LogP contribution in [-0.2, 0) is 9.53 Å². The molecular formula is C27H25BrN2O5. The van der Waals surface area contributed by atoms with E-state index in [2.05, 4.69) is 38.7 Å². The monoisotopic (exact) mass is 536 g/mol. The summed E-state index contributed by atoms with van der Waals surface area (Å²) in [5.41, 5.74) is 3.51. The molecule has 0 saturated heterocycles. The summed E-state index contributed by atoms with van der Waals surface area (Å²) < 4.78 is 6.12. The molecule has 35 heavy (non-hydrogen) atoms. The fourth-order valence-corrected chi connectivity index (χ4v) is 4.53. The lowest BCUT2D eigenvalue weighted by Gasteiger charge is -2.28. The summed E-state index contributed by atoms with van der Waals surface area (Å²) in [6.45, 7) is 3.50. The highest BCUT2D eigenvalue weighted by Gasteiger charge is 2.35. The molecule has 0 bridgehead atoms. The quantitative estimate of drug-likeness (QED) is 0.354. The molecule has 3 N–H and O–H groups in total. The van der Waals surface area contributed by atoms with Gasteiger partial charge in [0, 0.05) is 10.4 Å². The van der Waals surface area contributed by atoms with Gasteiger partial charge in [-0.15, -0.1) is 0 Å². The number of carbonyl (C=O) groups is 3. The lowest BCUT2D eigenvalue weighted by Crippen LogP contribution is -2.54. The predicted octanol–water partition coefficient (Wildman–Crippen LogP) is 5.79. The van der Waals surface area contributed by atoms with E-state index in [0.29, 0.717) is 16.6 Å². The minimum atomic E-state index is -1.28. The normalized spacial score (nSPS) is 13.8. The standard InChI is InChI=1S/C27H25BrN2O5/c1-3-27(2,25(33)29-23-14-16(24(31)32)12-13-22(23)28)30-26(34)35-15-21-19-10-6-4-8-17(19)18-9-5-7-11-20(18)21/h4-14,21H,3,15H2,1-2H3,(H,29,33)(H,30,34)(H,31,32). The third-order valence-electron chi connectivity index (χ3n) is 6.39. The molecule has 3 aromatic rings. The molecule has 3 aromatic carbocycles. The molecule has 7 nitrogen and oxygen atoms in total. The number of benzene rings is 3. The maximum absolute atomic E-state index is 13.1. The summed E-state index contributed by atoms with van der Waals surface area (Å²) >= 11 is 3.32. The number of anilines is 1. The Morgan fingerprint density at radius 2 is 1.60 bits per heavy atom. The van der Waals surface area contributed by atoms with Crippen LogP contribution in [0, 0.1) is 0 Å². The number of hydrogen-bond donors (Lipinski definition) is 3. The van der Waals surface area contributed by atoms with Gasteiger partial charge in [0.1, 0.15) is 12.1 Å². The van der Waals surface area contributed by atoms with Gasteiger partial charge in [-0.25, -0.2) is 9.59 Å². The lowest BCUT2D eigenvalue weighted by atomic mass is 9.97. The van der Waals surface area contributed by atoms with Crippen LogP contribution in [0.3, 0.4) is 0 Å². The smallest absolute Gasteiger partial charge is 0.408 e. The number of carboxylic acid groups (broad SMARTS) is 1. The zero-order chi connectivity index (χ0) is 25.2. The number of hydrogen-bond acceptors (Lipinski definition) is 4. The van der Waals surface area contributed by atoms with Crippen molar-refractivity contribution in [3.63, 3.8) is 0 Å². The Balaban J connectivity index is 1.45. The Kier molecular flexibility index (Phi) is 6.93. The highest BCUT2D eigenvalue weighted by Crippen LogP contribution is 2.44. The third kappa shape index (κ3) is 4.93. The Hall–Kier alpha value is -3.65. The van der Waals surface area contributed by atoms with Crippen LogP contribution in [0.4, 0.5) is 10.5 Å². The van der Waals surface area contributed by atoms with Crippen molar-refractivity contribution in [2.45, 2.75) is 31.7 Å². The number of nitrogens with one attached hydrogen (secondary N) is 2. The second-order valence-corrected chi connectivity index (χ2v) is 9.44. The van der Waals surface area contributed by atoms with Gasteiger partial charge in [0.25, 0.3) is 0 Å². The van der Waals surface area contributed by atoms with Crippen molar-refractivity contribution in [1.82, 2.24) is 5.32 Å². The van der Waals surface area contributed by atoms with Crippen molar-refractivity contribution in [3.8, 4) is 11.1 Å². The zero-order valence-corrected chi connectivity index (χ0v) is 20.9. The molecular weight excluding hydrogens is 512 g/mol. The highest BCUT2D eigenvalue weighted by molar-refractivity contribution is 9.10. The third-order valence-corrected chi connectivity index (χ3v) is 7.08. The topological polar surface area (TPSA) is 105 Å². The summed E-state index contributed by atoms with van der Waals surface area (Å²) in [5, 5.41) is 14.6. The van der Waals surface area contributed by atoms with E-state index in [0.717, 1.165) is 22.3 Å². The number of ether oxygens (including phenoxy) is 1. The molecule has 1 aliphatic rings. The average Bonchev–Trinajstić information content (AvgIpc) is 3.17. The minimum Gasteiger partial charge on any atom is -0.478 e. The maximum Gasteiger partial charge on any atom is 0.408 e. The Morgan fingerprint density at radius 3 is 2.17 bits per heavy atom. The molecule has 180 valence electrons. The van der Waals surface area contributed by atoms with Crippen LogP contribution in [0.25, 0.3) is 11.1 Å². The van der Waals surface area contributed by atoms with E-state index in [4.69, 9.17) is 4.74 Å². The van der Waals surface area contributed by atoms with Crippen molar-refractivity contribution >= 4 is 39.6 Å². The van der Waals surface area contributed by atoms with Gasteiger partial charge in [0.15, 0.2) is 0 Å². The molecule has 0 heterocycles. The fraction of sp³-hybridized carbons (Fsp3) is 0.222. The van der Waals surface area contributed by atoms with Crippen LogP contribution in [0.15, 0.2) is 71.2 Å². The van der Waals surface area contributed by atoms with Crippen LogP contribution >= 0.6 is 15.9 Å². The number of rotatable bonds is 7. The lowest BCUT2D eigenvalue weighted by molar-refractivity contribution is -0.121. The Bertz CT molecular complexity index is 1260. The van der Waals surface area contributed by atoms with E-state index in [1.165, 1.54) is 12.1 Å². The predicted molar refractivity (Wildman–Crippen MR) is 137 cm³/mol. The summed E-state index contributed by atoms with van der Waals surface area (Å²) in [6.07, 6.45) is -0.413. The molecule has 1 unspecified atom stereocenters. The number of aromatic carboxylic acids is 1. The molecule has 0 radical (unpaired) electrons. The number of carboxylic acids is 1. The van der Waals surface area contributed by atoms with Crippen molar-refractivity contribution in [1.29, 1.82) is 0 Å². The van der Waals surface area contributed by atoms with Gasteiger partial charge in [-0.2, -0.15) is 0 Å². The van der Waals surface area contributed by atoms with E-state index in [1.807, 2.05) is 36.4 Å². The molecule has 4 rings (SSSR count). The van der Waals surface area contributed by atoms with Gasteiger partial charge in [-0.3, -0.25) is 4.79 Å². The molecule has 0 aliphatic heterocycles. The molecule has 0 saturated carbocycles. The molecule has 1 aliphatic carbocycles. The molecule has 8 heteroatoms. The Morgan fingerprint density at radius 1 is 1.00 bits per heavy atom. The van der Waals surface area contributed by atoms with Gasteiger partial charge in [-0.1, -0.05) is 55.5 Å². The largest absolute Gasteiger partial charge is 0.478 e. The number of halogens is 1. The van der Waals surface area contributed by atoms with E-state index in [-0.39, 0.29) is 18.1 Å². The number of fused-ring (bicyclic) bond motifs is 3. The van der Waals surface area contributed by atoms with Crippen molar-refractivity contribution < 1.29 is 24.2 Å². The summed E-state index contributed by atoms with van der Waals surface area (Å²) in [7, 11) is 0. The summed E-state index contributed by atoms with van der Waals surface area (Å²) in [6, 6.07) is 20.4. The molecule has 0 spiro atoms. The van der Waals surface area contributed by atoms with E-state index in [1.54, 1.807) is 19.9 Å². The average molecular weight is 537 g/mol. The number of amides is 2. The molecule has 2 amide bonds. The van der Waals surface area contributed by atoms with E-state index in [9.17, 15) is 19.5 Å². The van der Waals surface area contributed by atoms with Gasteiger partial charge in [-0.05, 0) is 69.7 Å². The second kappa shape index (κ2) is 9.92. The first-order chi connectivity index (χ1) is 16.7. The molecule has 0 fully saturated rings. The molecule has 0 aromatic heterocycles. The summed E-state index contributed by atoms with van der Waals surface area (Å²) in [5.74, 6) is -1.69. The van der Waals surface area contributed by atoms with E-state index < -0.39 is 23.5 Å². The first-order valence-electron chi connectivity index (χ1n) is 11.2. The van der Waals surface area contributed by atoms with Crippen LogP contribution in [0.2, 0.25) is 0 Å². The van der Waals surface area contributed by atoms with Crippen molar-refractivity contribution in [2.75, 3.05) is 11.9 Å². The number of carbonyl (C=O) groups excluding carboxylic acids is 2. The van der Waals surface area contributed by atoms with Crippen LogP contribution < -0.4 is 10.6 Å². The van der Waals surface area contributed by atoms with Gasteiger partial charge in [0.05, 0.1) is 11.3 Å². The van der Waals surface area contributed by atoms with Crippen molar-refractivity contribution in [3.05, 3.63) is 87.9 Å². The second-order valence-electron chi connectivity index (χ2n) is 8.59. The van der Waals surface area contributed by atoms with Crippen LogP contribution in [-0.4, -0.2) is 35.2 Å². The summed E-state index contributed by atoms with van der Waals surface area (Å²) in [4.78, 5) is 37.1. The van der Waals surface area contributed by atoms with Gasteiger partial charge < -0.3 is 20.5 Å². The molecule has 1 atom stereocenters. The maximum atomic E-state index is 13.1. The highest BCUT2D eigenvalue weighted by atomic mass is 79.9. The number of alkyl carbamates (subject to hydrolysis) is 1. The van der Waals surface area contributed by atoms with Gasteiger partial charge in [0.2, 0.25) is 5.91 Å². The fourth-order valence-electron chi connectivity index (χ4n) is 4.18. The van der Waals surface area contributed by atoms with Gasteiger partial charge >= 0.3 is 12.1 Å². The van der Waals surface area contributed by atoms with Crippen LogP contribution in [0.1, 0.15) is 47.7 Å². The van der Waals surface area contributed by atoms with Crippen LogP contribution in [0.5, 0.6) is 0 Å².